The first-order valence-electron chi connectivity index (χ1n) is 17.2. The maximum absolute atomic E-state index is 14.4. The predicted molar refractivity (Wildman–Crippen MR) is 186 cm³/mol. The number of hydrogen-bond donors (Lipinski definition) is 4. The standard InChI is InChI=1S/C35H56N6O7S/c1-10-11-15-24(28(42)30(36)43)37-31(44)27-23(21(2)3)17-18-41(27)32(45)29(35(7,8)9)39-33(46)38-26(34(4,5)6)20-40-19-22-14-12-13-16-25(22)49(40,47)48/h12-14,16,21,23-24,26-27,29H,10-11,15,17-20H2,1-9H3,(H2,36,43)(H,37,44)(H2,38,39,46)/t23-,24?,26-,27+,29-/m1/s1. The number of hydrogen-bond acceptors (Lipinski definition) is 7. The summed E-state index contributed by atoms with van der Waals surface area (Å²) in [7, 11) is -3.74. The number of carbonyl (C=O) groups is 5. The van der Waals surface area contributed by atoms with Gasteiger partial charge in [-0.15, -0.1) is 0 Å². The second-order valence-electron chi connectivity index (χ2n) is 15.8. The fourth-order valence-corrected chi connectivity index (χ4v) is 8.20. The van der Waals surface area contributed by atoms with E-state index in [-0.39, 0.29) is 42.8 Å². The average molecular weight is 705 g/mol. The largest absolute Gasteiger partial charge is 0.363 e. The van der Waals surface area contributed by atoms with E-state index < -0.39 is 74.6 Å². The molecule has 2 heterocycles. The van der Waals surface area contributed by atoms with Gasteiger partial charge in [0.2, 0.25) is 27.6 Å². The number of Topliss-reactive ketones (excluding diaryl/α,β-unsaturated/α-hetero) is 1. The lowest BCUT2D eigenvalue weighted by atomic mass is 9.84. The number of likely N-dealkylation sites (tertiary alicyclic amines) is 1. The topological polar surface area (TPSA) is 188 Å². The van der Waals surface area contributed by atoms with E-state index in [0.29, 0.717) is 18.4 Å². The molecule has 5 N–H and O–H groups in total. The number of benzene rings is 1. The highest BCUT2D eigenvalue weighted by Crippen LogP contribution is 2.34. The summed E-state index contributed by atoms with van der Waals surface area (Å²) in [6.07, 6.45) is 2.09. The number of urea groups is 1. The van der Waals surface area contributed by atoms with Crippen LogP contribution >= 0.6 is 0 Å². The van der Waals surface area contributed by atoms with E-state index in [1.807, 2.05) is 62.3 Å². The van der Waals surface area contributed by atoms with Crippen LogP contribution in [-0.2, 0) is 35.7 Å². The molecule has 0 saturated carbocycles. The molecule has 3 rings (SSSR count). The van der Waals surface area contributed by atoms with Crippen molar-refractivity contribution in [2.45, 2.75) is 124 Å². The van der Waals surface area contributed by atoms with Crippen LogP contribution in [0.2, 0.25) is 0 Å². The number of unbranched alkanes of at least 4 members (excludes halogenated alkanes) is 1. The predicted octanol–water partition coefficient (Wildman–Crippen LogP) is 2.92. The number of nitrogens with one attached hydrogen (secondary N) is 3. The van der Waals surface area contributed by atoms with Crippen molar-refractivity contribution in [1.29, 1.82) is 0 Å². The number of carbonyl (C=O) groups excluding carboxylic acids is 5. The zero-order valence-corrected chi connectivity index (χ0v) is 31.3. The Kier molecular flexibility index (Phi) is 12.7. The maximum atomic E-state index is 14.4. The van der Waals surface area contributed by atoms with Gasteiger partial charge in [-0.2, -0.15) is 4.31 Å². The first-order valence-corrected chi connectivity index (χ1v) is 18.6. The second kappa shape index (κ2) is 15.6. The summed E-state index contributed by atoms with van der Waals surface area (Å²) >= 11 is 0. The molecule has 5 amide bonds. The number of sulfonamides is 1. The van der Waals surface area contributed by atoms with Crippen molar-refractivity contribution in [3.63, 3.8) is 0 Å². The third-order valence-electron chi connectivity index (χ3n) is 9.64. The van der Waals surface area contributed by atoms with Crippen molar-refractivity contribution >= 4 is 39.6 Å². The minimum absolute atomic E-state index is 0.0133. The molecule has 0 bridgehead atoms. The van der Waals surface area contributed by atoms with Gasteiger partial charge in [0.1, 0.15) is 12.1 Å². The minimum atomic E-state index is -3.74. The van der Waals surface area contributed by atoms with Crippen LogP contribution in [0.25, 0.3) is 0 Å². The number of primary amides is 1. The summed E-state index contributed by atoms with van der Waals surface area (Å²) in [4.78, 5) is 68.0. The van der Waals surface area contributed by atoms with Crippen molar-refractivity contribution in [2.24, 2.45) is 28.4 Å². The van der Waals surface area contributed by atoms with Crippen LogP contribution in [0.5, 0.6) is 0 Å². The average Bonchev–Trinajstić information content (AvgIpc) is 3.55. The molecule has 1 aromatic rings. The van der Waals surface area contributed by atoms with E-state index in [9.17, 15) is 32.4 Å². The Balaban J connectivity index is 1.84. The first-order chi connectivity index (χ1) is 22.6. The monoisotopic (exact) mass is 704 g/mol. The molecule has 1 saturated heterocycles. The quantitative estimate of drug-likeness (QED) is 0.227. The fraction of sp³-hybridized carbons (Fsp3) is 0.686. The molecule has 0 aromatic heterocycles. The number of amides is 5. The third-order valence-corrected chi connectivity index (χ3v) is 11.5. The Labute approximate surface area is 291 Å². The Morgan fingerprint density at radius 2 is 1.59 bits per heavy atom. The molecule has 0 radical (unpaired) electrons. The summed E-state index contributed by atoms with van der Waals surface area (Å²) in [5, 5.41) is 8.50. The van der Waals surface area contributed by atoms with Crippen LogP contribution < -0.4 is 21.7 Å². The van der Waals surface area contributed by atoms with Gasteiger partial charge >= 0.3 is 6.03 Å². The molecule has 2 aliphatic heterocycles. The van der Waals surface area contributed by atoms with Gasteiger partial charge in [-0.3, -0.25) is 19.2 Å². The van der Waals surface area contributed by atoms with Crippen LogP contribution in [0, 0.1) is 22.7 Å². The van der Waals surface area contributed by atoms with E-state index in [4.69, 9.17) is 5.73 Å². The number of nitrogens with zero attached hydrogens (tertiary/aromatic N) is 2. The third kappa shape index (κ3) is 9.39. The van der Waals surface area contributed by atoms with Crippen molar-refractivity contribution in [2.75, 3.05) is 13.1 Å². The highest BCUT2D eigenvalue weighted by molar-refractivity contribution is 7.89. The zero-order valence-electron chi connectivity index (χ0n) is 30.5. The van der Waals surface area contributed by atoms with Gasteiger partial charge in [-0.1, -0.05) is 93.4 Å². The highest BCUT2D eigenvalue weighted by Gasteiger charge is 2.48. The van der Waals surface area contributed by atoms with Crippen LogP contribution in [0.3, 0.4) is 0 Å². The molecule has 0 spiro atoms. The second-order valence-corrected chi connectivity index (χ2v) is 17.8. The summed E-state index contributed by atoms with van der Waals surface area (Å²) in [5.41, 5.74) is 4.63. The SMILES string of the molecule is CCCCC(NC(=O)[C@@H]1[C@@H](C(C)C)CCN1C(=O)[C@@H](NC(=O)N[C@H](CN1Cc2ccccc2S1(=O)=O)C(C)(C)C)C(C)(C)C)C(=O)C(N)=O. The molecule has 274 valence electrons. The molecule has 5 atom stereocenters. The van der Waals surface area contributed by atoms with Gasteiger partial charge in [0.15, 0.2) is 0 Å². The van der Waals surface area contributed by atoms with Gasteiger partial charge < -0.3 is 26.6 Å². The van der Waals surface area contributed by atoms with E-state index >= 15 is 0 Å². The fourth-order valence-electron chi connectivity index (χ4n) is 6.55. The summed E-state index contributed by atoms with van der Waals surface area (Å²) in [6.45, 7) is 17.4. The lowest BCUT2D eigenvalue weighted by Crippen LogP contribution is -2.62. The molecule has 1 fully saturated rings. The van der Waals surface area contributed by atoms with Gasteiger partial charge in [0.25, 0.3) is 5.91 Å². The molecular weight excluding hydrogens is 648 g/mol. The normalized spacial score (nSPS) is 21.1. The molecular formula is C35H56N6O7S. The van der Waals surface area contributed by atoms with Crippen molar-refractivity contribution < 1.29 is 32.4 Å². The Bertz CT molecular complexity index is 1510. The van der Waals surface area contributed by atoms with Crippen LogP contribution in [0.4, 0.5) is 4.79 Å². The summed E-state index contributed by atoms with van der Waals surface area (Å²) in [6, 6.07) is 2.47. The molecule has 2 aliphatic rings. The van der Waals surface area contributed by atoms with E-state index in [1.54, 1.807) is 24.3 Å². The van der Waals surface area contributed by atoms with Crippen LogP contribution in [-0.4, -0.2) is 84.4 Å². The van der Waals surface area contributed by atoms with Gasteiger partial charge in [0, 0.05) is 25.7 Å². The van der Waals surface area contributed by atoms with Gasteiger partial charge in [-0.25, -0.2) is 13.2 Å². The number of rotatable bonds is 13. The minimum Gasteiger partial charge on any atom is -0.363 e. The smallest absolute Gasteiger partial charge is 0.315 e. The molecule has 14 heteroatoms. The molecule has 1 unspecified atom stereocenters. The van der Waals surface area contributed by atoms with Crippen molar-refractivity contribution in [3.05, 3.63) is 29.8 Å². The van der Waals surface area contributed by atoms with Crippen molar-refractivity contribution in [3.8, 4) is 0 Å². The number of ketones is 1. The number of fused-ring (bicyclic) bond motifs is 1. The van der Waals surface area contributed by atoms with Crippen LogP contribution in [0.15, 0.2) is 29.2 Å². The maximum Gasteiger partial charge on any atom is 0.315 e. The van der Waals surface area contributed by atoms with E-state index in [0.717, 1.165) is 6.42 Å². The molecule has 0 aliphatic carbocycles. The Morgan fingerprint density at radius 1 is 0.959 bits per heavy atom. The Morgan fingerprint density at radius 3 is 2.12 bits per heavy atom. The van der Waals surface area contributed by atoms with Crippen molar-refractivity contribution in [1.82, 2.24) is 25.2 Å². The summed E-state index contributed by atoms with van der Waals surface area (Å²) < 4.78 is 28.0. The zero-order chi connectivity index (χ0) is 37.1. The lowest BCUT2D eigenvalue weighted by Gasteiger charge is -2.38. The highest BCUT2D eigenvalue weighted by atomic mass is 32.2. The lowest BCUT2D eigenvalue weighted by molar-refractivity contribution is -0.144. The van der Waals surface area contributed by atoms with Gasteiger partial charge in [-0.05, 0) is 47.1 Å². The van der Waals surface area contributed by atoms with Gasteiger partial charge in [0.05, 0.1) is 10.9 Å². The first kappa shape index (κ1) is 39.9. The Hall–Kier alpha value is -3.52. The van der Waals surface area contributed by atoms with Crippen LogP contribution in [0.1, 0.15) is 93.6 Å². The molecule has 13 nitrogen and oxygen atoms in total. The van der Waals surface area contributed by atoms with E-state index in [1.165, 1.54) is 9.21 Å². The molecule has 1 aromatic carbocycles. The molecule has 49 heavy (non-hydrogen) atoms. The summed E-state index contributed by atoms with van der Waals surface area (Å²) in [5.74, 6) is -3.24. The number of nitrogens with two attached hydrogens (primary N) is 1. The van der Waals surface area contributed by atoms with E-state index in [2.05, 4.69) is 16.0 Å².